The summed E-state index contributed by atoms with van der Waals surface area (Å²) in [6.07, 6.45) is 44.3. The highest BCUT2D eigenvalue weighted by atomic mass is 31.2. The number of carbonyl (C=O) groups excluding carboxylic acids is 2. The van der Waals surface area contributed by atoms with Gasteiger partial charge in [-0.05, 0) is 70.6 Å². The predicted molar refractivity (Wildman–Crippen MR) is 220 cm³/mol. The number of hydrogen-bond acceptors (Lipinski definition) is 8. The first kappa shape index (κ1) is 51.0. The van der Waals surface area contributed by atoms with E-state index in [1.807, 2.05) is 0 Å². The molecule has 0 saturated heterocycles. The molecule has 2 unspecified atom stereocenters. The number of esters is 2. The van der Waals surface area contributed by atoms with Gasteiger partial charge >= 0.3 is 19.8 Å². The SMILES string of the molecule is CCCCCCC=CCCCCCCCCCC(=O)OC(COC(=O)CCCC=CCC=CCC=CCCCCCCCC)COP(=O)(O)OCCN. The lowest BCUT2D eigenvalue weighted by molar-refractivity contribution is -0.161. The summed E-state index contributed by atoms with van der Waals surface area (Å²) in [5.74, 6) is -0.896. The normalized spacial score (nSPS) is 13.8. The van der Waals surface area contributed by atoms with Crippen molar-refractivity contribution in [2.45, 2.75) is 187 Å². The van der Waals surface area contributed by atoms with Gasteiger partial charge in [-0.1, -0.05) is 146 Å². The lowest BCUT2D eigenvalue weighted by atomic mass is 10.1. The topological polar surface area (TPSA) is 134 Å². The molecular formula is C43H78NO8P. The molecule has 0 aromatic heterocycles. The van der Waals surface area contributed by atoms with E-state index in [0.29, 0.717) is 12.8 Å². The fourth-order valence-electron chi connectivity index (χ4n) is 5.53. The van der Waals surface area contributed by atoms with Gasteiger partial charge in [-0.15, -0.1) is 0 Å². The molecule has 308 valence electrons. The summed E-state index contributed by atoms with van der Waals surface area (Å²) < 4.78 is 32.7. The van der Waals surface area contributed by atoms with Crippen LogP contribution < -0.4 is 5.73 Å². The molecule has 0 amide bonds. The van der Waals surface area contributed by atoms with Crippen molar-refractivity contribution in [3.63, 3.8) is 0 Å². The molecule has 0 fully saturated rings. The molecule has 0 radical (unpaired) electrons. The standard InChI is InChI=1S/C43H78NO8P/c1-3-5-7-9-11-13-15-17-19-20-22-23-25-27-29-31-33-35-42(45)49-39-41(40-51-53(47,48)50-38-37-44)52-43(46)36-34-32-30-28-26-24-21-18-16-14-12-10-8-6-4-2/h14,16-17,19,22-23,27,29,41H,3-13,15,18,20-21,24-26,28,30-40,44H2,1-2H3,(H,47,48). The Kier molecular flexibility index (Phi) is 38.1. The molecule has 0 aliphatic heterocycles. The number of phosphoric ester groups is 1. The Morgan fingerprint density at radius 2 is 1.00 bits per heavy atom. The lowest BCUT2D eigenvalue weighted by Gasteiger charge is -2.19. The molecule has 0 rings (SSSR count). The third kappa shape index (κ3) is 39.5. The molecule has 10 heteroatoms. The summed E-state index contributed by atoms with van der Waals surface area (Å²) in [4.78, 5) is 34.8. The van der Waals surface area contributed by atoms with Crippen LogP contribution in [0.15, 0.2) is 48.6 Å². The third-order valence-corrected chi connectivity index (χ3v) is 9.67. The number of phosphoric acid groups is 1. The largest absolute Gasteiger partial charge is 0.472 e. The smallest absolute Gasteiger partial charge is 0.462 e. The van der Waals surface area contributed by atoms with Crippen molar-refractivity contribution >= 4 is 19.8 Å². The Hall–Kier alpha value is -2.03. The Morgan fingerprint density at radius 3 is 1.55 bits per heavy atom. The first-order valence-corrected chi connectivity index (χ1v) is 22.6. The maximum Gasteiger partial charge on any atom is 0.472 e. The summed E-state index contributed by atoms with van der Waals surface area (Å²) in [5, 5.41) is 0. The van der Waals surface area contributed by atoms with Crippen LogP contribution in [0.3, 0.4) is 0 Å². The van der Waals surface area contributed by atoms with E-state index < -0.39 is 32.5 Å². The molecule has 3 N–H and O–H groups in total. The number of hydrogen-bond donors (Lipinski definition) is 2. The van der Waals surface area contributed by atoms with E-state index in [2.05, 4.69) is 62.5 Å². The first-order chi connectivity index (χ1) is 25.8. The monoisotopic (exact) mass is 768 g/mol. The summed E-state index contributed by atoms with van der Waals surface area (Å²) in [6, 6.07) is 0. The van der Waals surface area contributed by atoms with E-state index in [-0.39, 0.29) is 32.6 Å². The molecule has 0 saturated carbocycles. The van der Waals surface area contributed by atoms with Crippen molar-refractivity contribution in [3.05, 3.63) is 48.6 Å². The van der Waals surface area contributed by atoms with Gasteiger partial charge in [0.25, 0.3) is 0 Å². The van der Waals surface area contributed by atoms with Gasteiger partial charge in [-0.25, -0.2) is 4.57 Å². The molecule has 0 bridgehead atoms. The Morgan fingerprint density at radius 1 is 0.566 bits per heavy atom. The minimum Gasteiger partial charge on any atom is -0.462 e. The van der Waals surface area contributed by atoms with Crippen molar-refractivity contribution in [2.24, 2.45) is 5.73 Å². The van der Waals surface area contributed by atoms with E-state index >= 15 is 0 Å². The zero-order chi connectivity index (χ0) is 38.9. The summed E-state index contributed by atoms with van der Waals surface area (Å²) in [6.45, 7) is 3.64. The van der Waals surface area contributed by atoms with Gasteiger partial charge in [0.2, 0.25) is 0 Å². The van der Waals surface area contributed by atoms with E-state index in [4.69, 9.17) is 24.3 Å². The molecule has 0 spiro atoms. The van der Waals surface area contributed by atoms with Crippen molar-refractivity contribution in [1.82, 2.24) is 0 Å². The maximum absolute atomic E-state index is 12.6. The fourth-order valence-corrected chi connectivity index (χ4v) is 6.29. The van der Waals surface area contributed by atoms with Crippen LogP contribution in [0.2, 0.25) is 0 Å². The second-order valence-corrected chi connectivity index (χ2v) is 15.3. The minimum atomic E-state index is -4.39. The third-order valence-electron chi connectivity index (χ3n) is 8.69. The number of unbranched alkanes of at least 4 members (excludes halogenated alkanes) is 18. The van der Waals surface area contributed by atoms with Crippen LogP contribution in [0, 0.1) is 0 Å². The van der Waals surface area contributed by atoms with Crippen molar-refractivity contribution < 1.29 is 37.6 Å². The fraction of sp³-hybridized carbons (Fsp3) is 0.767. The van der Waals surface area contributed by atoms with E-state index in [1.165, 1.54) is 89.9 Å². The summed E-state index contributed by atoms with van der Waals surface area (Å²) in [7, 11) is -4.39. The van der Waals surface area contributed by atoms with Crippen LogP contribution >= 0.6 is 7.82 Å². The average Bonchev–Trinajstić information content (AvgIpc) is 3.14. The molecule has 9 nitrogen and oxygen atoms in total. The molecular weight excluding hydrogens is 689 g/mol. The molecule has 0 aliphatic rings. The Balaban J connectivity index is 4.26. The van der Waals surface area contributed by atoms with Crippen LogP contribution in [-0.2, 0) is 32.7 Å². The number of nitrogens with two attached hydrogens (primary N) is 1. The molecule has 0 heterocycles. The van der Waals surface area contributed by atoms with Gasteiger partial charge in [0.05, 0.1) is 13.2 Å². The molecule has 0 aromatic rings. The van der Waals surface area contributed by atoms with Crippen molar-refractivity contribution in [3.8, 4) is 0 Å². The Labute approximate surface area is 324 Å². The minimum absolute atomic E-state index is 0.0451. The van der Waals surface area contributed by atoms with Crippen LogP contribution in [0.4, 0.5) is 0 Å². The quantitative estimate of drug-likeness (QED) is 0.0271. The molecule has 2 atom stereocenters. The predicted octanol–water partition coefficient (Wildman–Crippen LogP) is 11.9. The maximum atomic E-state index is 12.6. The molecule has 53 heavy (non-hydrogen) atoms. The van der Waals surface area contributed by atoms with Gasteiger partial charge in [0, 0.05) is 19.4 Å². The van der Waals surface area contributed by atoms with E-state index in [0.717, 1.165) is 51.4 Å². The number of ether oxygens (including phenoxy) is 2. The molecule has 0 aliphatic carbocycles. The second-order valence-electron chi connectivity index (χ2n) is 13.8. The molecule has 0 aromatic carbocycles. The van der Waals surface area contributed by atoms with Gasteiger partial charge in [-0.3, -0.25) is 18.6 Å². The van der Waals surface area contributed by atoms with Crippen molar-refractivity contribution in [1.29, 1.82) is 0 Å². The van der Waals surface area contributed by atoms with Gasteiger partial charge in [0.15, 0.2) is 6.10 Å². The second kappa shape index (κ2) is 39.7. The van der Waals surface area contributed by atoms with Gasteiger partial charge in [-0.2, -0.15) is 0 Å². The van der Waals surface area contributed by atoms with E-state index in [1.54, 1.807) is 0 Å². The van der Waals surface area contributed by atoms with Crippen LogP contribution in [0.5, 0.6) is 0 Å². The zero-order valence-corrected chi connectivity index (χ0v) is 34.6. The average molecular weight is 768 g/mol. The zero-order valence-electron chi connectivity index (χ0n) is 33.7. The highest BCUT2D eigenvalue weighted by Gasteiger charge is 2.25. The number of allylic oxidation sites excluding steroid dienone is 8. The highest BCUT2D eigenvalue weighted by Crippen LogP contribution is 2.43. The van der Waals surface area contributed by atoms with Crippen LogP contribution in [0.1, 0.15) is 181 Å². The highest BCUT2D eigenvalue weighted by molar-refractivity contribution is 7.47. The first-order valence-electron chi connectivity index (χ1n) is 21.1. The van der Waals surface area contributed by atoms with Gasteiger partial charge < -0.3 is 20.1 Å². The van der Waals surface area contributed by atoms with Gasteiger partial charge in [0.1, 0.15) is 6.61 Å². The van der Waals surface area contributed by atoms with E-state index in [9.17, 15) is 19.0 Å². The van der Waals surface area contributed by atoms with Crippen LogP contribution in [-0.4, -0.2) is 49.3 Å². The van der Waals surface area contributed by atoms with Crippen molar-refractivity contribution in [2.75, 3.05) is 26.4 Å². The Bertz CT molecular complexity index is 1010. The summed E-state index contributed by atoms with van der Waals surface area (Å²) in [5.41, 5.74) is 5.34. The lowest BCUT2D eigenvalue weighted by Crippen LogP contribution is -2.29. The number of rotatable bonds is 39. The van der Waals surface area contributed by atoms with Crippen LogP contribution in [0.25, 0.3) is 0 Å². The number of carbonyl (C=O) groups is 2. The summed E-state index contributed by atoms with van der Waals surface area (Å²) >= 11 is 0.